The van der Waals surface area contributed by atoms with Crippen LogP contribution in [0.1, 0.15) is 42.4 Å². The maximum absolute atomic E-state index is 10.6. The monoisotopic (exact) mass is 365 g/mol. The lowest BCUT2D eigenvalue weighted by Gasteiger charge is -2.16. The van der Waals surface area contributed by atoms with Crippen LogP contribution in [0.3, 0.4) is 0 Å². The lowest BCUT2D eigenvalue weighted by Crippen LogP contribution is -2.20. The molecule has 0 amide bonds. The first-order valence-corrected chi connectivity index (χ1v) is 9.56. The number of carboxylic acid groups (broad SMARTS) is 1. The van der Waals surface area contributed by atoms with Crippen LogP contribution in [0.25, 0.3) is 5.57 Å². The number of hydrogen-bond acceptors (Lipinski definition) is 3. The van der Waals surface area contributed by atoms with Crippen molar-refractivity contribution in [1.29, 1.82) is 0 Å². The molecule has 3 rings (SSSR count). The normalized spacial score (nSPS) is 14.4. The molecule has 1 heterocycles. The third kappa shape index (κ3) is 5.20. The van der Waals surface area contributed by atoms with Crippen LogP contribution in [0.2, 0.25) is 0 Å². The van der Waals surface area contributed by atoms with Gasteiger partial charge >= 0.3 is 5.97 Å². The summed E-state index contributed by atoms with van der Waals surface area (Å²) >= 11 is 0. The minimum Gasteiger partial charge on any atom is -0.488 e. The minimum atomic E-state index is -0.713. The van der Waals surface area contributed by atoms with E-state index >= 15 is 0 Å². The summed E-state index contributed by atoms with van der Waals surface area (Å²) in [5, 5.41) is 8.72. The molecule has 2 aromatic carbocycles. The maximum Gasteiger partial charge on any atom is 0.303 e. The zero-order valence-electron chi connectivity index (χ0n) is 15.9. The number of benzene rings is 2. The molecule has 0 bridgehead atoms. The van der Waals surface area contributed by atoms with Gasteiger partial charge in [-0.25, -0.2) is 0 Å². The summed E-state index contributed by atoms with van der Waals surface area (Å²) in [6.45, 7) is 2.46. The molecule has 1 aliphatic heterocycles. The molecule has 2 aromatic rings. The molecular formula is C23H27NO3. The van der Waals surface area contributed by atoms with Crippen molar-refractivity contribution in [2.24, 2.45) is 0 Å². The van der Waals surface area contributed by atoms with E-state index in [2.05, 4.69) is 54.4 Å². The number of rotatable bonds is 8. The van der Waals surface area contributed by atoms with Gasteiger partial charge in [0.15, 0.2) is 0 Å². The molecule has 1 N–H and O–H groups in total. The smallest absolute Gasteiger partial charge is 0.303 e. The van der Waals surface area contributed by atoms with E-state index in [0.29, 0.717) is 6.61 Å². The van der Waals surface area contributed by atoms with E-state index < -0.39 is 5.97 Å². The molecule has 1 aliphatic rings. The van der Waals surface area contributed by atoms with E-state index in [1.807, 2.05) is 12.1 Å². The quantitative estimate of drug-likeness (QED) is 0.695. The summed E-state index contributed by atoms with van der Waals surface area (Å²) in [6.07, 6.45) is 5.15. The van der Waals surface area contributed by atoms with Gasteiger partial charge in [-0.1, -0.05) is 48.5 Å². The number of fused-ring (bicyclic) bond motifs is 2. The molecule has 27 heavy (non-hydrogen) atoms. The highest BCUT2D eigenvalue weighted by molar-refractivity contribution is 5.84. The SMILES string of the molecule is CN(CC/C=C1\c2ccccc2COc2ccccc21)CCCCC(=O)O. The van der Waals surface area contributed by atoms with E-state index in [9.17, 15) is 4.79 Å². The number of unbranched alkanes of at least 4 members (excludes halogenated alkanes) is 1. The van der Waals surface area contributed by atoms with E-state index in [0.717, 1.165) is 43.7 Å². The summed E-state index contributed by atoms with van der Waals surface area (Å²) in [7, 11) is 2.09. The van der Waals surface area contributed by atoms with Crippen molar-refractivity contribution in [2.45, 2.75) is 32.3 Å². The highest BCUT2D eigenvalue weighted by Crippen LogP contribution is 2.36. The number of aliphatic carboxylic acids is 1. The van der Waals surface area contributed by atoms with E-state index in [1.165, 1.54) is 16.7 Å². The van der Waals surface area contributed by atoms with Crippen LogP contribution < -0.4 is 4.74 Å². The molecule has 4 nitrogen and oxygen atoms in total. The van der Waals surface area contributed by atoms with Crippen LogP contribution in [0.4, 0.5) is 0 Å². The maximum atomic E-state index is 10.6. The van der Waals surface area contributed by atoms with Crippen molar-refractivity contribution >= 4 is 11.5 Å². The first-order valence-electron chi connectivity index (χ1n) is 9.56. The first-order chi connectivity index (χ1) is 13.1. The third-order valence-corrected chi connectivity index (χ3v) is 4.91. The van der Waals surface area contributed by atoms with Crippen LogP contribution in [0, 0.1) is 0 Å². The number of ether oxygens (including phenoxy) is 1. The van der Waals surface area contributed by atoms with Crippen LogP contribution in [0.15, 0.2) is 54.6 Å². The second-order valence-corrected chi connectivity index (χ2v) is 7.00. The van der Waals surface area contributed by atoms with Gasteiger partial charge in [0, 0.05) is 18.5 Å². The predicted molar refractivity (Wildman–Crippen MR) is 108 cm³/mol. The van der Waals surface area contributed by atoms with Gasteiger partial charge in [-0.05, 0) is 55.6 Å². The van der Waals surface area contributed by atoms with Gasteiger partial charge < -0.3 is 14.7 Å². The Hall–Kier alpha value is -2.59. The molecule has 142 valence electrons. The summed E-state index contributed by atoms with van der Waals surface area (Å²) < 4.78 is 6.02. The van der Waals surface area contributed by atoms with Gasteiger partial charge in [0.2, 0.25) is 0 Å². The molecule has 0 spiro atoms. The Morgan fingerprint density at radius 2 is 1.81 bits per heavy atom. The molecule has 0 unspecified atom stereocenters. The number of para-hydroxylation sites is 1. The fraction of sp³-hybridized carbons (Fsp3) is 0.348. The van der Waals surface area contributed by atoms with Gasteiger partial charge in [-0.2, -0.15) is 0 Å². The Balaban J connectivity index is 1.69. The summed E-state index contributed by atoms with van der Waals surface area (Å²) in [4.78, 5) is 12.9. The molecule has 0 aliphatic carbocycles. The van der Waals surface area contributed by atoms with Crippen molar-refractivity contribution in [3.05, 3.63) is 71.3 Å². The highest BCUT2D eigenvalue weighted by atomic mass is 16.5. The Labute approximate surface area is 161 Å². The summed E-state index contributed by atoms with van der Waals surface area (Å²) in [6, 6.07) is 16.7. The lowest BCUT2D eigenvalue weighted by atomic mass is 9.93. The molecular weight excluding hydrogens is 338 g/mol. The van der Waals surface area contributed by atoms with Crippen LogP contribution in [0.5, 0.6) is 5.75 Å². The number of hydrogen-bond donors (Lipinski definition) is 1. The van der Waals surface area contributed by atoms with Crippen molar-refractivity contribution in [3.63, 3.8) is 0 Å². The van der Waals surface area contributed by atoms with Crippen LogP contribution in [-0.2, 0) is 11.4 Å². The molecule has 0 radical (unpaired) electrons. The zero-order valence-corrected chi connectivity index (χ0v) is 15.9. The van der Waals surface area contributed by atoms with Gasteiger partial charge in [0.25, 0.3) is 0 Å². The topological polar surface area (TPSA) is 49.8 Å². The molecule has 0 saturated carbocycles. The first kappa shape index (κ1) is 19.2. The predicted octanol–water partition coefficient (Wildman–Crippen LogP) is 4.59. The molecule has 0 fully saturated rings. The van der Waals surface area contributed by atoms with Gasteiger partial charge in [-0.15, -0.1) is 0 Å². The third-order valence-electron chi connectivity index (χ3n) is 4.91. The van der Waals surface area contributed by atoms with Gasteiger partial charge in [0.05, 0.1) is 0 Å². The number of carbonyl (C=O) groups is 1. The number of carboxylic acids is 1. The Kier molecular flexibility index (Phi) is 6.66. The second-order valence-electron chi connectivity index (χ2n) is 7.00. The second kappa shape index (κ2) is 9.38. The van der Waals surface area contributed by atoms with E-state index in [1.54, 1.807) is 0 Å². The minimum absolute atomic E-state index is 0.255. The number of nitrogens with zero attached hydrogens (tertiary/aromatic N) is 1. The Morgan fingerprint density at radius 3 is 2.63 bits per heavy atom. The van der Waals surface area contributed by atoms with Crippen molar-refractivity contribution in [1.82, 2.24) is 4.90 Å². The van der Waals surface area contributed by atoms with Gasteiger partial charge in [-0.3, -0.25) is 4.79 Å². The summed E-state index contributed by atoms with van der Waals surface area (Å²) in [5.74, 6) is 0.220. The highest BCUT2D eigenvalue weighted by Gasteiger charge is 2.18. The van der Waals surface area contributed by atoms with Crippen molar-refractivity contribution in [3.8, 4) is 5.75 Å². The van der Waals surface area contributed by atoms with E-state index in [4.69, 9.17) is 9.84 Å². The van der Waals surface area contributed by atoms with Crippen molar-refractivity contribution < 1.29 is 14.6 Å². The fourth-order valence-electron chi connectivity index (χ4n) is 3.44. The molecule has 4 heteroatoms. The zero-order chi connectivity index (χ0) is 19.1. The average Bonchev–Trinajstić information content (AvgIpc) is 2.83. The molecule has 0 aromatic heterocycles. The Bertz CT molecular complexity index is 763. The molecule has 0 saturated heterocycles. The summed E-state index contributed by atoms with van der Waals surface area (Å²) in [5.41, 5.74) is 4.83. The largest absolute Gasteiger partial charge is 0.488 e. The standard InChI is InChI=1S/C23H27NO3/c1-24(15-7-6-14-23(25)26)16-8-12-20-19-10-3-2-9-18(19)17-27-22-13-5-4-11-21(20)22/h2-5,9-13H,6-8,14-17H2,1H3,(H,25,26)/b20-12+. The van der Waals surface area contributed by atoms with E-state index in [-0.39, 0.29) is 6.42 Å². The van der Waals surface area contributed by atoms with Crippen molar-refractivity contribution in [2.75, 3.05) is 20.1 Å². The average molecular weight is 365 g/mol. The van der Waals surface area contributed by atoms with Crippen LogP contribution >= 0.6 is 0 Å². The molecule has 0 atom stereocenters. The Morgan fingerprint density at radius 1 is 1.07 bits per heavy atom. The lowest BCUT2D eigenvalue weighted by molar-refractivity contribution is -0.137. The van der Waals surface area contributed by atoms with Crippen LogP contribution in [-0.4, -0.2) is 36.1 Å². The van der Waals surface area contributed by atoms with Gasteiger partial charge in [0.1, 0.15) is 12.4 Å². The fourth-order valence-corrected chi connectivity index (χ4v) is 3.44.